The molecule has 176 valence electrons. The molecule has 3 aromatic heterocycles. The van der Waals surface area contributed by atoms with Crippen molar-refractivity contribution in [3.05, 3.63) is 83.5 Å². The number of carbonyl (C=O) groups excluding carboxylic acids is 3. The summed E-state index contributed by atoms with van der Waals surface area (Å²) in [5, 5.41) is 3.31. The number of nitrogens with one attached hydrogen (secondary N) is 1. The maximum atomic E-state index is 13.5. The van der Waals surface area contributed by atoms with Crippen molar-refractivity contribution in [2.75, 3.05) is 11.9 Å². The first-order valence-electron chi connectivity index (χ1n) is 11.0. The van der Waals surface area contributed by atoms with Gasteiger partial charge in [-0.15, -0.1) is 0 Å². The van der Waals surface area contributed by atoms with Gasteiger partial charge in [0.05, 0.1) is 17.4 Å². The summed E-state index contributed by atoms with van der Waals surface area (Å²) in [6, 6.07) is 5.63. The number of carbonyl (C=O) groups is 3. The zero-order chi connectivity index (χ0) is 24.7. The average molecular weight is 472 g/mol. The minimum atomic E-state index is -0.501. The van der Waals surface area contributed by atoms with Crippen molar-refractivity contribution in [2.24, 2.45) is 0 Å². The van der Waals surface area contributed by atoms with E-state index < -0.39 is 17.6 Å². The number of aromatic nitrogens is 4. The molecule has 0 saturated heterocycles. The Balaban J connectivity index is 1.33. The van der Waals surface area contributed by atoms with Crippen LogP contribution in [0.2, 0.25) is 0 Å². The molecule has 0 aliphatic carbocycles. The predicted octanol–water partition coefficient (Wildman–Crippen LogP) is 3.37. The first-order chi connectivity index (χ1) is 16.8. The SMILES string of the molecule is CC(C)n1cc(C(=O)c2cncc(NC(=O)CN3Cc4ccc(F)cc4C3=O)c2)c2cncnc21. The zero-order valence-electron chi connectivity index (χ0n) is 19.0. The van der Waals surface area contributed by atoms with Crippen LogP contribution in [0.25, 0.3) is 11.0 Å². The Bertz CT molecular complexity index is 1500. The molecule has 1 aliphatic rings. The maximum Gasteiger partial charge on any atom is 0.255 e. The van der Waals surface area contributed by atoms with Gasteiger partial charge in [0.1, 0.15) is 24.3 Å². The molecule has 4 aromatic rings. The first kappa shape index (κ1) is 22.3. The Morgan fingerprint density at radius 3 is 2.77 bits per heavy atom. The van der Waals surface area contributed by atoms with Crippen LogP contribution in [0.3, 0.4) is 0 Å². The monoisotopic (exact) mass is 472 g/mol. The fourth-order valence-corrected chi connectivity index (χ4v) is 4.19. The number of halogens is 1. The molecule has 0 unspecified atom stereocenters. The van der Waals surface area contributed by atoms with E-state index in [4.69, 9.17) is 0 Å². The third kappa shape index (κ3) is 4.14. The second-order valence-corrected chi connectivity index (χ2v) is 8.61. The van der Waals surface area contributed by atoms with Gasteiger partial charge >= 0.3 is 0 Å². The third-order valence-electron chi connectivity index (χ3n) is 5.86. The van der Waals surface area contributed by atoms with Crippen molar-refractivity contribution in [2.45, 2.75) is 26.4 Å². The standard InChI is InChI=1S/C25H21FN6O3/c1-14(2)32-11-21(20-9-28-13-29-24(20)32)23(34)16-5-18(8-27-7-16)30-22(33)12-31-10-15-3-4-17(26)6-19(15)25(31)35/h3-9,11,13-14H,10,12H2,1-2H3,(H,30,33). The maximum absolute atomic E-state index is 13.5. The lowest BCUT2D eigenvalue weighted by Gasteiger charge is -2.15. The molecule has 1 aliphatic heterocycles. The highest BCUT2D eigenvalue weighted by molar-refractivity contribution is 6.16. The lowest BCUT2D eigenvalue weighted by atomic mass is 10.1. The van der Waals surface area contributed by atoms with Crippen LogP contribution in [0.5, 0.6) is 0 Å². The number of nitrogens with zero attached hydrogens (tertiary/aromatic N) is 5. The van der Waals surface area contributed by atoms with Crippen molar-refractivity contribution < 1.29 is 18.8 Å². The summed E-state index contributed by atoms with van der Waals surface area (Å²) in [4.78, 5) is 52.2. The van der Waals surface area contributed by atoms with Gasteiger partial charge in [0.15, 0.2) is 5.78 Å². The largest absolute Gasteiger partial charge is 0.329 e. The van der Waals surface area contributed by atoms with E-state index in [1.165, 1.54) is 41.8 Å². The summed E-state index contributed by atoms with van der Waals surface area (Å²) in [5.74, 6) is -1.64. The molecular weight excluding hydrogens is 451 g/mol. The fourth-order valence-electron chi connectivity index (χ4n) is 4.19. The first-order valence-corrected chi connectivity index (χ1v) is 11.0. The quantitative estimate of drug-likeness (QED) is 0.431. The van der Waals surface area contributed by atoms with Gasteiger partial charge in [-0.2, -0.15) is 0 Å². The molecule has 0 saturated carbocycles. The van der Waals surface area contributed by atoms with E-state index in [2.05, 4.69) is 20.3 Å². The number of pyridine rings is 1. The van der Waals surface area contributed by atoms with Crippen LogP contribution in [0, 0.1) is 5.82 Å². The zero-order valence-corrected chi connectivity index (χ0v) is 19.0. The molecule has 0 fully saturated rings. The van der Waals surface area contributed by atoms with Crippen LogP contribution in [-0.4, -0.2) is 48.6 Å². The van der Waals surface area contributed by atoms with Gasteiger partial charge in [-0.05, 0) is 37.6 Å². The van der Waals surface area contributed by atoms with Gasteiger partial charge in [0, 0.05) is 47.7 Å². The minimum absolute atomic E-state index is 0.0913. The highest BCUT2D eigenvalue weighted by Crippen LogP contribution is 2.26. The summed E-state index contributed by atoms with van der Waals surface area (Å²) in [6.07, 6.45) is 7.63. The molecule has 0 spiro atoms. The van der Waals surface area contributed by atoms with E-state index in [1.54, 1.807) is 18.5 Å². The van der Waals surface area contributed by atoms with Crippen LogP contribution in [-0.2, 0) is 11.3 Å². The average Bonchev–Trinajstić information content (AvgIpc) is 3.37. The van der Waals surface area contributed by atoms with Crippen LogP contribution < -0.4 is 5.32 Å². The van der Waals surface area contributed by atoms with E-state index in [0.717, 1.165) is 0 Å². The summed E-state index contributed by atoms with van der Waals surface area (Å²) in [7, 11) is 0. The van der Waals surface area contributed by atoms with E-state index in [1.807, 2.05) is 18.4 Å². The van der Waals surface area contributed by atoms with Crippen molar-refractivity contribution in [3.8, 4) is 0 Å². The molecule has 0 atom stereocenters. The molecule has 9 nitrogen and oxygen atoms in total. The summed E-state index contributed by atoms with van der Waals surface area (Å²) in [5.41, 5.74) is 2.63. The van der Waals surface area contributed by atoms with Crippen molar-refractivity contribution >= 4 is 34.3 Å². The molecule has 0 radical (unpaired) electrons. The number of anilines is 1. The highest BCUT2D eigenvalue weighted by atomic mass is 19.1. The summed E-state index contributed by atoms with van der Waals surface area (Å²) < 4.78 is 15.4. The Morgan fingerprint density at radius 2 is 1.97 bits per heavy atom. The highest BCUT2D eigenvalue weighted by Gasteiger charge is 2.29. The van der Waals surface area contributed by atoms with Gasteiger partial charge in [0.2, 0.25) is 5.91 Å². The van der Waals surface area contributed by atoms with Crippen LogP contribution in [0.1, 0.15) is 51.7 Å². The molecule has 35 heavy (non-hydrogen) atoms. The van der Waals surface area contributed by atoms with Gasteiger partial charge in [0.25, 0.3) is 5.91 Å². The van der Waals surface area contributed by atoms with Gasteiger partial charge < -0.3 is 14.8 Å². The molecule has 5 rings (SSSR count). The molecule has 4 heterocycles. The van der Waals surface area contributed by atoms with Gasteiger partial charge in [-0.1, -0.05) is 6.07 Å². The van der Waals surface area contributed by atoms with Crippen molar-refractivity contribution in [3.63, 3.8) is 0 Å². The second kappa shape index (κ2) is 8.71. The minimum Gasteiger partial charge on any atom is -0.329 e. The lowest BCUT2D eigenvalue weighted by molar-refractivity contribution is -0.116. The van der Waals surface area contributed by atoms with E-state index in [-0.39, 0.29) is 36.0 Å². The molecule has 1 aromatic carbocycles. The Labute approximate surface area is 199 Å². The third-order valence-corrected chi connectivity index (χ3v) is 5.86. The Kier molecular flexibility index (Phi) is 5.56. The number of ketones is 1. The van der Waals surface area contributed by atoms with Crippen molar-refractivity contribution in [1.82, 2.24) is 24.4 Å². The number of amides is 2. The number of hydrogen-bond donors (Lipinski definition) is 1. The van der Waals surface area contributed by atoms with E-state index in [0.29, 0.717) is 27.8 Å². The van der Waals surface area contributed by atoms with Crippen molar-refractivity contribution in [1.29, 1.82) is 0 Å². The molecule has 10 heteroatoms. The predicted molar refractivity (Wildman–Crippen MR) is 125 cm³/mol. The molecule has 1 N–H and O–H groups in total. The Hall–Kier alpha value is -4.47. The number of benzene rings is 1. The normalized spacial score (nSPS) is 12.9. The van der Waals surface area contributed by atoms with Crippen LogP contribution >= 0.6 is 0 Å². The molecule has 0 bridgehead atoms. The molecule has 2 amide bonds. The fraction of sp³-hybridized carbons (Fsp3) is 0.200. The number of rotatable bonds is 6. The number of fused-ring (bicyclic) bond motifs is 2. The smallest absolute Gasteiger partial charge is 0.255 e. The Morgan fingerprint density at radius 1 is 1.14 bits per heavy atom. The van der Waals surface area contributed by atoms with Gasteiger partial charge in [-0.25, -0.2) is 14.4 Å². The second-order valence-electron chi connectivity index (χ2n) is 8.61. The van der Waals surface area contributed by atoms with Gasteiger partial charge in [-0.3, -0.25) is 19.4 Å². The van der Waals surface area contributed by atoms with E-state index >= 15 is 0 Å². The number of hydrogen-bond acceptors (Lipinski definition) is 6. The topological polar surface area (TPSA) is 110 Å². The lowest BCUT2D eigenvalue weighted by Crippen LogP contribution is -2.33. The summed E-state index contributed by atoms with van der Waals surface area (Å²) >= 11 is 0. The van der Waals surface area contributed by atoms with Crippen LogP contribution in [0.15, 0.2) is 55.4 Å². The van der Waals surface area contributed by atoms with Crippen LogP contribution in [0.4, 0.5) is 10.1 Å². The van der Waals surface area contributed by atoms with E-state index in [9.17, 15) is 18.8 Å². The summed E-state index contributed by atoms with van der Waals surface area (Å²) in [6.45, 7) is 3.99. The molecular formula is C25H21FN6O3.